The van der Waals surface area contributed by atoms with E-state index in [9.17, 15) is 18.1 Å². The SMILES string of the molecule is O=S(=O)(O)N1c2ccccc2NN1c1ccccc1O.[H-].[Na+]. The first-order valence-electron chi connectivity index (χ1n) is 5.70. The van der Waals surface area contributed by atoms with E-state index in [0.717, 1.165) is 5.12 Å². The molecule has 0 spiro atoms. The first-order valence-corrected chi connectivity index (χ1v) is 7.09. The standard InChI is InChI=1S/C12H11N3O4S.Na.H/c16-12-8-4-3-7-11(12)14-13-9-5-1-2-6-10(9)15(14)20(17,18)19;;/h1-8,13,16H,(H,17,18,19);;/q;+1;-1. The van der Waals surface area contributed by atoms with Gasteiger partial charge in [0.05, 0.1) is 5.69 Å². The van der Waals surface area contributed by atoms with Gasteiger partial charge in [-0.25, -0.2) is 0 Å². The van der Waals surface area contributed by atoms with Gasteiger partial charge in [-0.15, -0.1) is 4.41 Å². The minimum absolute atomic E-state index is 0. The van der Waals surface area contributed by atoms with Crippen LogP contribution in [0, 0.1) is 0 Å². The van der Waals surface area contributed by atoms with Crippen LogP contribution >= 0.6 is 0 Å². The number of fused-ring (bicyclic) bond motifs is 1. The van der Waals surface area contributed by atoms with E-state index in [0.29, 0.717) is 10.1 Å². The average molecular weight is 317 g/mol. The number of nitrogens with one attached hydrogen (secondary N) is 1. The summed E-state index contributed by atoms with van der Waals surface area (Å²) in [5.41, 5.74) is 3.76. The van der Waals surface area contributed by atoms with Crippen LogP contribution in [0.5, 0.6) is 5.75 Å². The Morgan fingerprint density at radius 2 is 1.57 bits per heavy atom. The quantitative estimate of drug-likeness (QED) is 0.480. The van der Waals surface area contributed by atoms with Crippen LogP contribution < -0.4 is 44.5 Å². The molecule has 0 aromatic heterocycles. The minimum atomic E-state index is -4.54. The van der Waals surface area contributed by atoms with E-state index >= 15 is 0 Å². The number of anilines is 3. The fraction of sp³-hybridized carbons (Fsp3) is 0. The molecule has 1 aliphatic rings. The van der Waals surface area contributed by atoms with Crippen molar-refractivity contribution in [2.75, 3.05) is 15.0 Å². The van der Waals surface area contributed by atoms with Gasteiger partial charge < -0.3 is 6.53 Å². The molecule has 1 aliphatic heterocycles. The maximum absolute atomic E-state index is 11.6. The summed E-state index contributed by atoms with van der Waals surface area (Å²) >= 11 is 0. The minimum Gasteiger partial charge on any atom is -1.00 e. The number of phenolic OH excluding ortho intramolecular Hbond substituents is 1. The van der Waals surface area contributed by atoms with E-state index in [4.69, 9.17) is 0 Å². The summed E-state index contributed by atoms with van der Waals surface area (Å²) in [6.07, 6.45) is 0. The smallest absolute Gasteiger partial charge is 1.00 e. The van der Waals surface area contributed by atoms with Gasteiger partial charge >= 0.3 is 39.9 Å². The second-order valence-corrected chi connectivity index (χ2v) is 5.39. The van der Waals surface area contributed by atoms with Gasteiger partial charge in [0.25, 0.3) is 0 Å². The van der Waals surface area contributed by atoms with E-state index in [1.165, 1.54) is 18.2 Å². The Balaban J connectivity index is 0.00000121. The van der Waals surface area contributed by atoms with Gasteiger partial charge in [0.2, 0.25) is 0 Å². The van der Waals surface area contributed by atoms with Crippen LogP contribution in [-0.4, -0.2) is 18.1 Å². The van der Waals surface area contributed by atoms with Crippen LogP contribution in [-0.2, 0) is 10.3 Å². The van der Waals surface area contributed by atoms with E-state index < -0.39 is 10.3 Å². The van der Waals surface area contributed by atoms with Crippen LogP contribution in [0.2, 0.25) is 0 Å². The van der Waals surface area contributed by atoms with Crippen molar-refractivity contribution in [2.45, 2.75) is 0 Å². The van der Waals surface area contributed by atoms with Crippen LogP contribution in [0.1, 0.15) is 1.43 Å². The summed E-state index contributed by atoms with van der Waals surface area (Å²) in [5, 5.41) is 10.9. The number of nitrogens with zero attached hydrogens (tertiary/aromatic N) is 2. The summed E-state index contributed by atoms with van der Waals surface area (Å²) in [5.74, 6) is -0.124. The van der Waals surface area contributed by atoms with Crippen molar-refractivity contribution in [2.24, 2.45) is 0 Å². The van der Waals surface area contributed by atoms with Crippen LogP contribution in [0.15, 0.2) is 48.5 Å². The molecule has 0 radical (unpaired) electrons. The molecule has 0 amide bonds. The third-order valence-electron chi connectivity index (χ3n) is 2.85. The van der Waals surface area contributed by atoms with Gasteiger partial charge in [-0.05, 0) is 24.3 Å². The number of para-hydroxylation sites is 4. The van der Waals surface area contributed by atoms with Crippen molar-refractivity contribution < 1.29 is 49.1 Å². The number of rotatable bonds is 2. The molecule has 106 valence electrons. The van der Waals surface area contributed by atoms with Crippen LogP contribution in [0.3, 0.4) is 0 Å². The summed E-state index contributed by atoms with van der Waals surface area (Å²) in [6.45, 7) is 0. The number of hydrogen-bond acceptors (Lipinski definition) is 5. The fourth-order valence-corrected chi connectivity index (χ4v) is 2.77. The van der Waals surface area contributed by atoms with Crippen molar-refractivity contribution in [3.63, 3.8) is 0 Å². The predicted octanol–water partition coefficient (Wildman–Crippen LogP) is -1.12. The molecule has 3 N–H and O–H groups in total. The number of aromatic hydroxyl groups is 1. The largest absolute Gasteiger partial charge is 1.00 e. The number of hydrazine groups is 2. The maximum Gasteiger partial charge on any atom is 1.00 e. The predicted molar refractivity (Wildman–Crippen MR) is 75.8 cm³/mol. The molecule has 0 saturated heterocycles. The fourth-order valence-electron chi connectivity index (χ4n) is 2.03. The monoisotopic (exact) mass is 317 g/mol. The zero-order chi connectivity index (χ0) is 14.3. The molecule has 2 aromatic carbocycles. The van der Waals surface area contributed by atoms with Gasteiger partial charge in [-0.1, -0.05) is 24.3 Å². The van der Waals surface area contributed by atoms with E-state index in [2.05, 4.69) is 5.43 Å². The molecule has 0 atom stereocenters. The summed E-state index contributed by atoms with van der Waals surface area (Å²) < 4.78 is 33.3. The Hall–Kier alpha value is -1.45. The second kappa shape index (κ2) is 5.74. The van der Waals surface area contributed by atoms with Crippen LogP contribution in [0.25, 0.3) is 0 Å². The molecule has 0 fully saturated rings. The van der Waals surface area contributed by atoms with Crippen molar-refractivity contribution in [1.82, 2.24) is 0 Å². The normalized spacial score (nSPS) is 13.4. The van der Waals surface area contributed by atoms with E-state index in [1.807, 2.05) is 0 Å². The second-order valence-electron chi connectivity index (χ2n) is 4.15. The maximum atomic E-state index is 11.6. The molecule has 0 saturated carbocycles. The summed E-state index contributed by atoms with van der Waals surface area (Å²) in [7, 11) is -4.54. The Kier molecular flexibility index (Phi) is 4.35. The molecular weight excluding hydrogens is 305 g/mol. The van der Waals surface area contributed by atoms with Gasteiger partial charge in [-0.3, -0.25) is 9.98 Å². The molecule has 0 bridgehead atoms. The zero-order valence-corrected chi connectivity index (χ0v) is 13.9. The van der Waals surface area contributed by atoms with Crippen molar-refractivity contribution in [1.29, 1.82) is 0 Å². The first-order chi connectivity index (χ1) is 9.48. The Bertz CT molecular complexity index is 774. The molecule has 3 rings (SSSR count). The molecular formula is C12H12N3NaO4S. The topological polar surface area (TPSA) is 93.1 Å². The van der Waals surface area contributed by atoms with Gasteiger partial charge in [0, 0.05) is 0 Å². The molecule has 2 aromatic rings. The van der Waals surface area contributed by atoms with Crippen LogP contribution in [0.4, 0.5) is 17.1 Å². The van der Waals surface area contributed by atoms with Gasteiger partial charge in [0.1, 0.15) is 17.1 Å². The van der Waals surface area contributed by atoms with Crippen molar-refractivity contribution >= 4 is 27.4 Å². The third kappa shape index (κ3) is 2.81. The number of hydrogen-bond donors (Lipinski definition) is 3. The Morgan fingerprint density at radius 3 is 2.19 bits per heavy atom. The van der Waals surface area contributed by atoms with Crippen molar-refractivity contribution in [3.05, 3.63) is 48.5 Å². The van der Waals surface area contributed by atoms with Gasteiger partial charge in [0.15, 0.2) is 0 Å². The van der Waals surface area contributed by atoms with E-state index in [1.54, 1.807) is 30.3 Å². The number of phenols is 1. The Morgan fingerprint density at radius 1 is 1.00 bits per heavy atom. The third-order valence-corrected chi connectivity index (χ3v) is 3.64. The van der Waals surface area contributed by atoms with Gasteiger partial charge in [-0.2, -0.15) is 13.5 Å². The van der Waals surface area contributed by atoms with E-state index in [-0.39, 0.29) is 48.1 Å². The molecule has 7 nitrogen and oxygen atoms in total. The summed E-state index contributed by atoms with van der Waals surface area (Å²) in [6, 6.07) is 12.8. The first kappa shape index (κ1) is 15.9. The Labute approximate surface area is 145 Å². The molecule has 9 heteroatoms. The molecule has 1 heterocycles. The summed E-state index contributed by atoms with van der Waals surface area (Å²) in [4.78, 5) is 0. The zero-order valence-electron chi connectivity index (χ0n) is 12.1. The van der Waals surface area contributed by atoms with Crippen molar-refractivity contribution in [3.8, 4) is 5.75 Å². The average Bonchev–Trinajstić information content (AvgIpc) is 2.78. The molecule has 0 unspecified atom stereocenters. The molecule has 0 aliphatic carbocycles. The molecule has 21 heavy (non-hydrogen) atoms. The number of benzene rings is 2.